The van der Waals surface area contributed by atoms with Crippen LogP contribution in [0.25, 0.3) is 11.1 Å². The molecule has 0 radical (unpaired) electrons. The van der Waals surface area contributed by atoms with Crippen molar-refractivity contribution in [3.63, 3.8) is 0 Å². The monoisotopic (exact) mass is 370 g/mol. The van der Waals surface area contributed by atoms with Gasteiger partial charge in [-0.15, -0.1) is 8.78 Å². The molecular formula is C18H14F4O4. The van der Waals surface area contributed by atoms with E-state index in [2.05, 4.69) is 9.47 Å². The first-order valence-electron chi connectivity index (χ1n) is 7.86. The van der Waals surface area contributed by atoms with Gasteiger partial charge in [0.2, 0.25) is 0 Å². The predicted octanol–water partition coefficient (Wildman–Crippen LogP) is 4.75. The molecule has 2 aromatic carbocycles. The normalized spacial score (nSPS) is 14.5. The van der Waals surface area contributed by atoms with Gasteiger partial charge in [0.05, 0.1) is 0 Å². The van der Waals surface area contributed by atoms with Gasteiger partial charge in [-0.1, -0.05) is 12.1 Å². The number of alkyl halides is 2. The predicted molar refractivity (Wildman–Crippen MR) is 83.2 cm³/mol. The molecule has 138 valence electrons. The van der Waals surface area contributed by atoms with E-state index in [1.807, 2.05) is 0 Å². The number of fused-ring (bicyclic) bond motifs is 1. The van der Waals surface area contributed by atoms with Gasteiger partial charge in [0.1, 0.15) is 11.6 Å². The molecule has 3 rings (SSSR count). The van der Waals surface area contributed by atoms with Crippen LogP contribution in [0.15, 0.2) is 30.3 Å². The summed E-state index contributed by atoms with van der Waals surface area (Å²) >= 11 is 0. The Labute approximate surface area is 146 Å². The van der Waals surface area contributed by atoms with Crippen LogP contribution in [-0.2, 0) is 11.2 Å². The minimum atomic E-state index is -3.83. The number of ether oxygens (including phenoxy) is 2. The topological polar surface area (TPSA) is 55.8 Å². The molecule has 1 aliphatic heterocycles. The Bertz CT molecular complexity index is 828. The zero-order valence-electron chi connectivity index (χ0n) is 13.4. The number of para-hydroxylation sites is 1. The van der Waals surface area contributed by atoms with Crippen molar-refractivity contribution in [2.75, 3.05) is 0 Å². The van der Waals surface area contributed by atoms with E-state index in [9.17, 15) is 22.4 Å². The Balaban J connectivity index is 1.86. The van der Waals surface area contributed by atoms with Gasteiger partial charge in [-0.05, 0) is 43.0 Å². The lowest BCUT2D eigenvalue weighted by Crippen LogP contribution is -2.26. The first kappa shape index (κ1) is 18.0. The maximum atomic E-state index is 14.3. The highest BCUT2D eigenvalue weighted by Crippen LogP contribution is 2.47. The van der Waals surface area contributed by atoms with E-state index < -0.39 is 23.9 Å². The highest BCUT2D eigenvalue weighted by atomic mass is 19.3. The minimum Gasteiger partial charge on any atom is -0.481 e. The average molecular weight is 370 g/mol. The Hall–Kier alpha value is -2.77. The third-order valence-corrected chi connectivity index (χ3v) is 3.95. The molecule has 0 unspecified atom stereocenters. The number of aliphatic carboxylic acids is 1. The van der Waals surface area contributed by atoms with Gasteiger partial charge in [0.25, 0.3) is 0 Å². The maximum Gasteiger partial charge on any atom is 0.586 e. The Morgan fingerprint density at radius 3 is 2.42 bits per heavy atom. The second-order valence-corrected chi connectivity index (χ2v) is 5.82. The molecule has 4 nitrogen and oxygen atoms in total. The zero-order valence-corrected chi connectivity index (χ0v) is 13.4. The van der Waals surface area contributed by atoms with Crippen molar-refractivity contribution in [2.45, 2.75) is 32.0 Å². The Morgan fingerprint density at radius 2 is 1.77 bits per heavy atom. The molecule has 1 N–H and O–H groups in total. The second-order valence-electron chi connectivity index (χ2n) is 5.82. The number of rotatable bonds is 6. The molecule has 0 fully saturated rings. The van der Waals surface area contributed by atoms with E-state index in [-0.39, 0.29) is 41.0 Å². The van der Waals surface area contributed by atoms with Crippen molar-refractivity contribution < 1.29 is 36.9 Å². The van der Waals surface area contributed by atoms with Crippen LogP contribution in [0.2, 0.25) is 0 Å². The molecule has 0 aromatic heterocycles. The van der Waals surface area contributed by atoms with Crippen molar-refractivity contribution >= 4 is 5.97 Å². The number of hydrogen-bond donors (Lipinski definition) is 1. The van der Waals surface area contributed by atoms with Crippen LogP contribution in [-0.4, -0.2) is 17.4 Å². The lowest BCUT2D eigenvalue weighted by Gasteiger charge is -2.10. The fourth-order valence-corrected chi connectivity index (χ4v) is 2.77. The van der Waals surface area contributed by atoms with Gasteiger partial charge in [0.15, 0.2) is 11.5 Å². The molecule has 0 aliphatic carbocycles. The Morgan fingerprint density at radius 1 is 1.08 bits per heavy atom. The van der Waals surface area contributed by atoms with E-state index in [1.54, 1.807) is 0 Å². The van der Waals surface area contributed by atoms with Gasteiger partial charge in [-0.2, -0.15) is 0 Å². The highest BCUT2D eigenvalue weighted by molar-refractivity contribution is 5.75. The summed E-state index contributed by atoms with van der Waals surface area (Å²) in [5.41, 5.74) is -0.0587. The number of carboxylic acid groups (broad SMARTS) is 1. The molecule has 0 bridgehead atoms. The third-order valence-electron chi connectivity index (χ3n) is 3.95. The lowest BCUT2D eigenvalue weighted by molar-refractivity contribution is -0.286. The van der Waals surface area contributed by atoms with Crippen molar-refractivity contribution in [1.82, 2.24) is 0 Å². The molecule has 26 heavy (non-hydrogen) atoms. The minimum absolute atomic E-state index is 0.0347. The zero-order chi connectivity index (χ0) is 18.9. The van der Waals surface area contributed by atoms with Gasteiger partial charge in [-0.3, -0.25) is 4.79 Å². The molecule has 2 aromatic rings. The number of hydrogen-bond acceptors (Lipinski definition) is 3. The number of unbranched alkanes of at least 4 members (excludes halogenated alkanes) is 1. The van der Waals surface area contributed by atoms with Crippen LogP contribution in [0.4, 0.5) is 17.6 Å². The summed E-state index contributed by atoms with van der Waals surface area (Å²) in [6.07, 6.45) is -3.27. The summed E-state index contributed by atoms with van der Waals surface area (Å²) in [6, 6.07) is 6.14. The van der Waals surface area contributed by atoms with Crippen molar-refractivity contribution in [1.29, 1.82) is 0 Å². The smallest absolute Gasteiger partial charge is 0.481 e. The van der Waals surface area contributed by atoms with E-state index in [0.717, 1.165) is 12.1 Å². The molecular weight excluding hydrogens is 356 g/mol. The maximum absolute atomic E-state index is 14.3. The van der Waals surface area contributed by atoms with Crippen molar-refractivity contribution in [3.8, 4) is 22.6 Å². The first-order chi connectivity index (χ1) is 12.3. The Kier molecular flexibility index (Phi) is 4.76. The summed E-state index contributed by atoms with van der Waals surface area (Å²) in [5, 5.41) is 8.57. The van der Waals surface area contributed by atoms with Crippen LogP contribution in [0, 0.1) is 11.6 Å². The fraction of sp³-hybridized carbons (Fsp3) is 0.278. The number of carboxylic acids is 1. The van der Waals surface area contributed by atoms with E-state index >= 15 is 0 Å². The second kappa shape index (κ2) is 6.86. The summed E-state index contributed by atoms with van der Waals surface area (Å²) in [5.74, 6) is -3.15. The van der Waals surface area contributed by atoms with Gasteiger partial charge in [-0.25, -0.2) is 8.78 Å². The van der Waals surface area contributed by atoms with E-state index in [4.69, 9.17) is 5.11 Å². The van der Waals surface area contributed by atoms with Crippen LogP contribution < -0.4 is 9.47 Å². The van der Waals surface area contributed by atoms with E-state index in [0.29, 0.717) is 12.8 Å². The molecule has 1 aliphatic rings. The van der Waals surface area contributed by atoms with Crippen LogP contribution in [0.5, 0.6) is 11.5 Å². The molecule has 0 saturated heterocycles. The molecule has 8 heteroatoms. The largest absolute Gasteiger partial charge is 0.586 e. The van der Waals surface area contributed by atoms with Crippen LogP contribution in [0.3, 0.4) is 0 Å². The average Bonchev–Trinajstić information content (AvgIpc) is 2.86. The van der Waals surface area contributed by atoms with E-state index in [1.165, 1.54) is 18.2 Å². The van der Waals surface area contributed by atoms with Crippen molar-refractivity contribution in [3.05, 3.63) is 47.5 Å². The number of carbonyl (C=O) groups is 1. The summed E-state index contributed by atoms with van der Waals surface area (Å²) < 4.78 is 63.9. The van der Waals surface area contributed by atoms with Gasteiger partial charge < -0.3 is 14.6 Å². The van der Waals surface area contributed by atoms with Crippen LogP contribution >= 0.6 is 0 Å². The molecule has 0 saturated carbocycles. The lowest BCUT2D eigenvalue weighted by atomic mass is 9.99. The summed E-state index contributed by atoms with van der Waals surface area (Å²) in [6.45, 7) is 0. The van der Waals surface area contributed by atoms with Gasteiger partial charge in [0, 0.05) is 17.5 Å². The first-order valence-corrected chi connectivity index (χ1v) is 7.86. The third kappa shape index (κ3) is 3.74. The molecule has 0 atom stereocenters. The van der Waals surface area contributed by atoms with Gasteiger partial charge >= 0.3 is 12.3 Å². The standard InChI is InChI=1S/C18H14F4O4/c19-13-8-10(9-14(20)12(13)4-1-2-7-16(23)24)11-5-3-6-15-17(11)26-18(21,22)25-15/h3,5-6,8-9H,1-2,4,7H2,(H,23,24). The molecule has 1 heterocycles. The number of halogens is 4. The van der Waals surface area contributed by atoms with Crippen molar-refractivity contribution in [2.24, 2.45) is 0 Å². The quantitative estimate of drug-likeness (QED) is 0.589. The summed E-state index contributed by atoms with van der Waals surface area (Å²) in [7, 11) is 0. The SMILES string of the molecule is O=C(O)CCCCc1c(F)cc(-c2cccc3c2OC(F)(F)O3)cc1F. The van der Waals surface area contributed by atoms with Crippen LogP contribution in [0.1, 0.15) is 24.8 Å². The summed E-state index contributed by atoms with van der Waals surface area (Å²) in [4.78, 5) is 10.5. The molecule has 0 amide bonds. The highest BCUT2D eigenvalue weighted by Gasteiger charge is 2.44. The fourth-order valence-electron chi connectivity index (χ4n) is 2.77. The number of benzene rings is 2. The molecule has 0 spiro atoms.